The second kappa shape index (κ2) is 4.75. The standard InChI is InChI=1S/C12H15N3O.ClH/c1-12(2,3)11-14-10(16-15-11)8-5-4-6-9(13)7-8;/h4-7H,13H2,1-3H3;1H. The molecule has 0 aliphatic heterocycles. The van der Waals surface area contributed by atoms with Gasteiger partial charge >= 0.3 is 0 Å². The van der Waals surface area contributed by atoms with Gasteiger partial charge in [-0.25, -0.2) is 0 Å². The topological polar surface area (TPSA) is 64.9 Å². The van der Waals surface area contributed by atoms with E-state index in [4.69, 9.17) is 10.3 Å². The molecule has 0 saturated heterocycles. The number of anilines is 1. The van der Waals surface area contributed by atoms with E-state index in [-0.39, 0.29) is 17.8 Å². The van der Waals surface area contributed by atoms with Crippen LogP contribution in [0.15, 0.2) is 28.8 Å². The van der Waals surface area contributed by atoms with Gasteiger partial charge in [-0.15, -0.1) is 12.4 Å². The van der Waals surface area contributed by atoms with Crippen molar-refractivity contribution in [3.63, 3.8) is 0 Å². The van der Waals surface area contributed by atoms with Crippen molar-refractivity contribution >= 4 is 18.1 Å². The fraction of sp³-hybridized carbons (Fsp3) is 0.333. The van der Waals surface area contributed by atoms with Crippen LogP contribution in [0.2, 0.25) is 0 Å². The minimum Gasteiger partial charge on any atom is -0.399 e. The molecule has 0 atom stereocenters. The number of hydrogen-bond acceptors (Lipinski definition) is 4. The minimum atomic E-state index is -0.109. The fourth-order valence-corrected chi connectivity index (χ4v) is 1.32. The Morgan fingerprint density at radius 2 is 1.94 bits per heavy atom. The Morgan fingerprint density at radius 3 is 2.47 bits per heavy atom. The highest BCUT2D eigenvalue weighted by molar-refractivity contribution is 5.85. The summed E-state index contributed by atoms with van der Waals surface area (Å²) in [7, 11) is 0. The molecule has 0 saturated carbocycles. The molecule has 2 N–H and O–H groups in total. The van der Waals surface area contributed by atoms with Gasteiger partial charge in [0.1, 0.15) is 0 Å². The summed E-state index contributed by atoms with van der Waals surface area (Å²) >= 11 is 0. The van der Waals surface area contributed by atoms with Gasteiger partial charge in [-0.05, 0) is 18.2 Å². The Balaban J connectivity index is 0.00000144. The molecule has 17 heavy (non-hydrogen) atoms. The number of rotatable bonds is 1. The summed E-state index contributed by atoms with van der Waals surface area (Å²) in [6.07, 6.45) is 0. The first-order valence-electron chi connectivity index (χ1n) is 5.17. The van der Waals surface area contributed by atoms with Crippen LogP contribution in [0, 0.1) is 0 Å². The van der Waals surface area contributed by atoms with Crippen molar-refractivity contribution in [3.05, 3.63) is 30.1 Å². The molecule has 4 nitrogen and oxygen atoms in total. The highest BCUT2D eigenvalue weighted by atomic mass is 35.5. The molecule has 2 aromatic rings. The van der Waals surface area contributed by atoms with E-state index in [1.807, 2.05) is 45.0 Å². The molecule has 1 heterocycles. The third-order valence-electron chi connectivity index (χ3n) is 2.23. The van der Waals surface area contributed by atoms with E-state index in [1.54, 1.807) is 0 Å². The SMILES string of the molecule is CC(C)(C)c1noc(-c2cccc(N)c2)n1.Cl. The third kappa shape index (κ3) is 2.97. The van der Waals surface area contributed by atoms with Crippen molar-refractivity contribution in [2.45, 2.75) is 26.2 Å². The maximum Gasteiger partial charge on any atom is 0.258 e. The van der Waals surface area contributed by atoms with Crippen LogP contribution in [-0.4, -0.2) is 10.1 Å². The van der Waals surface area contributed by atoms with Gasteiger partial charge in [0.25, 0.3) is 5.89 Å². The second-order valence-corrected chi connectivity index (χ2v) is 4.80. The van der Waals surface area contributed by atoms with Crippen molar-refractivity contribution in [2.75, 3.05) is 5.73 Å². The van der Waals surface area contributed by atoms with Crippen molar-refractivity contribution < 1.29 is 4.52 Å². The maximum absolute atomic E-state index is 5.70. The zero-order valence-electron chi connectivity index (χ0n) is 10.1. The van der Waals surface area contributed by atoms with Crippen LogP contribution < -0.4 is 5.73 Å². The van der Waals surface area contributed by atoms with Crippen LogP contribution in [0.3, 0.4) is 0 Å². The maximum atomic E-state index is 5.70. The van der Waals surface area contributed by atoms with Gasteiger partial charge in [-0.1, -0.05) is 32.0 Å². The highest BCUT2D eigenvalue weighted by Crippen LogP contribution is 2.24. The summed E-state index contributed by atoms with van der Waals surface area (Å²) in [6, 6.07) is 7.41. The summed E-state index contributed by atoms with van der Waals surface area (Å²) in [6.45, 7) is 6.13. The van der Waals surface area contributed by atoms with Crippen LogP contribution >= 0.6 is 12.4 Å². The predicted octanol–water partition coefficient (Wildman–Crippen LogP) is 3.04. The van der Waals surface area contributed by atoms with Crippen molar-refractivity contribution in [1.82, 2.24) is 10.1 Å². The lowest BCUT2D eigenvalue weighted by atomic mass is 9.96. The van der Waals surface area contributed by atoms with E-state index in [0.717, 1.165) is 5.56 Å². The Bertz CT molecular complexity index is 502. The Labute approximate surface area is 107 Å². The molecule has 0 bridgehead atoms. The zero-order chi connectivity index (χ0) is 11.8. The molecule has 0 unspecified atom stereocenters. The number of benzene rings is 1. The molecule has 5 heteroatoms. The normalized spacial score (nSPS) is 11.0. The van der Waals surface area contributed by atoms with Gasteiger partial charge in [-0.3, -0.25) is 0 Å². The number of nitrogens with two attached hydrogens (primary N) is 1. The van der Waals surface area contributed by atoms with Crippen LogP contribution in [-0.2, 0) is 5.41 Å². The third-order valence-corrected chi connectivity index (χ3v) is 2.23. The molecule has 0 spiro atoms. The van der Waals surface area contributed by atoms with E-state index in [9.17, 15) is 0 Å². The first-order valence-corrected chi connectivity index (χ1v) is 5.17. The highest BCUT2D eigenvalue weighted by Gasteiger charge is 2.21. The Kier molecular flexibility index (Phi) is 3.78. The molecule has 2 rings (SSSR count). The summed E-state index contributed by atoms with van der Waals surface area (Å²) < 4.78 is 5.22. The number of nitrogen functional groups attached to an aromatic ring is 1. The van der Waals surface area contributed by atoms with Crippen LogP contribution in [0.5, 0.6) is 0 Å². The van der Waals surface area contributed by atoms with Gasteiger partial charge in [0.15, 0.2) is 5.82 Å². The Hall–Kier alpha value is -1.55. The first-order chi connectivity index (χ1) is 7.47. The van der Waals surface area contributed by atoms with E-state index in [0.29, 0.717) is 17.4 Å². The number of aromatic nitrogens is 2. The van der Waals surface area contributed by atoms with Crippen LogP contribution in [0.25, 0.3) is 11.5 Å². The van der Waals surface area contributed by atoms with E-state index >= 15 is 0 Å². The average Bonchev–Trinajstić information content (AvgIpc) is 2.65. The number of nitrogens with zero attached hydrogens (tertiary/aromatic N) is 2. The molecular weight excluding hydrogens is 238 g/mol. The van der Waals surface area contributed by atoms with Crippen molar-refractivity contribution in [1.29, 1.82) is 0 Å². The second-order valence-electron chi connectivity index (χ2n) is 4.80. The summed E-state index contributed by atoms with van der Waals surface area (Å²) in [4.78, 5) is 4.36. The first kappa shape index (κ1) is 13.5. The van der Waals surface area contributed by atoms with Gasteiger partial charge in [0, 0.05) is 16.7 Å². The van der Waals surface area contributed by atoms with Crippen molar-refractivity contribution in [3.8, 4) is 11.5 Å². The monoisotopic (exact) mass is 253 g/mol. The summed E-state index contributed by atoms with van der Waals surface area (Å²) in [5, 5.41) is 3.97. The van der Waals surface area contributed by atoms with E-state index in [2.05, 4.69) is 10.1 Å². The predicted molar refractivity (Wildman–Crippen MR) is 70.1 cm³/mol. The smallest absolute Gasteiger partial charge is 0.258 e. The molecule has 92 valence electrons. The molecule has 0 aliphatic carbocycles. The number of hydrogen-bond donors (Lipinski definition) is 1. The van der Waals surface area contributed by atoms with Gasteiger partial charge < -0.3 is 10.3 Å². The molecule has 1 aromatic heterocycles. The molecule has 0 aliphatic rings. The van der Waals surface area contributed by atoms with Crippen molar-refractivity contribution in [2.24, 2.45) is 0 Å². The fourth-order valence-electron chi connectivity index (χ4n) is 1.32. The van der Waals surface area contributed by atoms with Crippen LogP contribution in [0.4, 0.5) is 5.69 Å². The summed E-state index contributed by atoms with van der Waals surface area (Å²) in [5.74, 6) is 1.21. The average molecular weight is 254 g/mol. The van der Waals surface area contributed by atoms with Gasteiger partial charge in [0.05, 0.1) is 0 Å². The Morgan fingerprint density at radius 1 is 1.24 bits per heavy atom. The van der Waals surface area contributed by atoms with E-state index in [1.165, 1.54) is 0 Å². The summed E-state index contributed by atoms with van der Waals surface area (Å²) in [5.41, 5.74) is 7.13. The lowest BCUT2D eigenvalue weighted by molar-refractivity contribution is 0.402. The van der Waals surface area contributed by atoms with E-state index < -0.39 is 0 Å². The molecular formula is C12H16ClN3O. The largest absolute Gasteiger partial charge is 0.399 e. The zero-order valence-corrected chi connectivity index (χ0v) is 10.9. The van der Waals surface area contributed by atoms with Crippen LogP contribution in [0.1, 0.15) is 26.6 Å². The van der Waals surface area contributed by atoms with Gasteiger partial charge in [0.2, 0.25) is 0 Å². The molecule has 0 fully saturated rings. The lowest BCUT2D eigenvalue weighted by Crippen LogP contribution is -2.13. The van der Waals surface area contributed by atoms with Gasteiger partial charge in [-0.2, -0.15) is 4.98 Å². The molecule has 0 radical (unpaired) electrons. The quantitative estimate of drug-likeness (QED) is 0.794. The minimum absolute atomic E-state index is 0. The molecule has 1 aromatic carbocycles. The number of halogens is 1. The molecule has 0 amide bonds. The lowest BCUT2D eigenvalue weighted by Gasteiger charge is -2.10.